The Kier molecular flexibility index (Phi) is 4.66. The molecule has 0 aliphatic heterocycles. The third-order valence-electron chi connectivity index (χ3n) is 4.91. The number of sulfonamides is 1. The summed E-state index contributed by atoms with van der Waals surface area (Å²) in [7, 11) is -3.41. The van der Waals surface area contributed by atoms with Crippen molar-refractivity contribution in [2.24, 2.45) is 0 Å². The molecule has 0 fully saturated rings. The van der Waals surface area contributed by atoms with Gasteiger partial charge in [0.2, 0.25) is 10.0 Å². The lowest BCUT2D eigenvalue weighted by Gasteiger charge is -2.17. The quantitative estimate of drug-likeness (QED) is 0.672. The zero-order valence-electron chi connectivity index (χ0n) is 14.6. The molecule has 1 heterocycles. The largest absolute Gasteiger partial charge is 0.347 e. The predicted octanol–water partition coefficient (Wildman–Crippen LogP) is 3.94. The number of rotatable bonds is 6. The van der Waals surface area contributed by atoms with Gasteiger partial charge in [-0.25, -0.2) is 13.1 Å². The molecule has 3 aromatic rings. The van der Waals surface area contributed by atoms with Crippen molar-refractivity contribution in [2.75, 3.05) is 6.54 Å². The molecule has 0 bridgehead atoms. The first kappa shape index (κ1) is 17.1. The van der Waals surface area contributed by atoms with Gasteiger partial charge in [-0.2, -0.15) is 0 Å². The van der Waals surface area contributed by atoms with Crippen molar-refractivity contribution in [2.45, 2.75) is 25.8 Å². The van der Waals surface area contributed by atoms with Crippen LogP contribution < -0.4 is 4.72 Å². The highest BCUT2D eigenvalue weighted by Crippen LogP contribution is 2.26. The Balaban J connectivity index is 1.38. The van der Waals surface area contributed by atoms with Crippen LogP contribution in [-0.2, 0) is 23.0 Å². The average Bonchev–Trinajstić information content (AvgIpc) is 3.08. The van der Waals surface area contributed by atoms with E-state index in [1.165, 1.54) is 16.5 Å². The highest BCUT2D eigenvalue weighted by Gasteiger charge is 2.21. The van der Waals surface area contributed by atoms with E-state index in [2.05, 4.69) is 39.8 Å². The van der Waals surface area contributed by atoms with Crippen LogP contribution in [-0.4, -0.2) is 19.5 Å². The normalized spacial score (nSPS) is 14.2. The van der Waals surface area contributed by atoms with Gasteiger partial charge in [0.1, 0.15) is 0 Å². The fourth-order valence-corrected chi connectivity index (χ4v) is 4.75. The minimum atomic E-state index is -3.41. The van der Waals surface area contributed by atoms with E-state index in [-0.39, 0.29) is 0 Å². The maximum Gasteiger partial charge on any atom is 0.236 e. The van der Waals surface area contributed by atoms with E-state index in [1.54, 1.807) is 6.08 Å². The Morgan fingerprint density at radius 1 is 0.962 bits per heavy atom. The number of hydrogen-bond acceptors (Lipinski definition) is 2. The molecule has 1 aliphatic carbocycles. The van der Waals surface area contributed by atoms with Gasteiger partial charge in [-0.05, 0) is 54.0 Å². The topological polar surface area (TPSA) is 51.1 Å². The first-order valence-corrected chi connectivity index (χ1v) is 10.4. The molecule has 26 heavy (non-hydrogen) atoms. The Bertz CT molecular complexity index is 1060. The number of nitrogens with one attached hydrogen (secondary N) is 1. The maximum absolute atomic E-state index is 12.6. The van der Waals surface area contributed by atoms with E-state index in [9.17, 15) is 8.42 Å². The van der Waals surface area contributed by atoms with Gasteiger partial charge >= 0.3 is 0 Å². The van der Waals surface area contributed by atoms with Crippen LogP contribution in [0.1, 0.15) is 24.0 Å². The summed E-state index contributed by atoms with van der Waals surface area (Å²) in [5, 5.41) is 1.21. The number of para-hydroxylation sites is 1. The van der Waals surface area contributed by atoms with Crippen molar-refractivity contribution in [3.63, 3.8) is 0 Å². The fraction of sp³-hybridized carbons (Fsp3) is 0.238. The van der Waals surface area contributed by atoms with Crippen LogP contribution in [0.4, 0.5) is 0 Å². The van der Waals surface area contributed by atoms with Crippen molar-refractivity contribution >= 4 is 27.0 Å². The summed E-state index contributed by atoms with van der Waals surface area (Å²) in [5.74, 6) is 0. The highest BCUT2D eigenvalue weighted by atomic mass is 32.2. The molecular weight excluding hydrogens is 344 g/mol. The minimum Gasteiger partial charge on any atom is -0.347 e. The second kappa shape index (κ2) is 7.09. The van der Waals surface area contributed by atoms with E-state index in [0.29, 0.717) is 17.9 Å². The molecule has 1 aromatic heterocycles. The molecule has 0 saturated heterocycles. The molecule has 1 aliphatic rings. The van der Waals surface area contributed by atoms with Crippen LogP contribution in [0.2, 0.25) is 0 Å². The predicted molar refractivity (Wildman–Crippen MR) is 106 cm³/mol. The van der Waals surface area contributed by atoms with E-state index >= 15 is 0 Å². The molecule has 0 saturated carbocycles. The van der Waals surface area contributed by atoms with Crippen LogP contribution in [0, 0.1) is 0 Å². The molecule has 134 valence electrons. The molecule has 4 nitrogen and oxygen atoms in total. The van der Waals surface area contributed by atoms with E-state index in [4.69, 9.17) is 0 Å². The van der Waals surface area contributed by atoms with Gasteiger partial charge in [-0.15, -0.1) is 0 Å². The second-order valence-electron chi connectivity index (χ2n) is 6.63. The van der Waals surface area contributed by atoms with Gasteiger partial charge in [-0.1, -0.05) is 42.5 Å². The number of aryl methyl sites for hydroxylation is 2. The number of nitrogens with zero attached hydrogens (tertiary/aromatic N) is 1. The van der Waals surface area contributed by atoms with Crippen molar-refractivity contribution < 1.29 is 8.42 Å². The maximum atomic E-state index is 12.6. The van der Waals surface area contributed by atoms with E-state index in [1.807, 2.05) is 30.3 Å². The minimum absolute atomic E-state index is 0.438. The molecule has 0 unspecified atom stereocenters. The molecule has 5 heteroatoms. The summed E-state index contributed by atoms with van der Waals surface area (Å²) in [6.07, 6.45) is 5.95. The second-order valence-corrected chi connectivity index (χ2v) is 8.45. The lowest BCUT2D eigenvalue weighted by atomic mass is 9.98. The highest BCUT2D eigenvalue weighted by molar-refractivity contribution is 7.93. The molecule has 4 rings (SSSR count). The Morgan fingerprint density at radius 3 is 2.69 bits per heavy atom. The molecule has 1 N–H and O–H groups in total. The zero-order chi connectivity index (χ0) is 18.0. The Labute approximate surface area is 154 Å². The summed E-state index contributed by atoms with van der Waals surface area (Å²) >= 11 is 0. The van der Waals surface area contributed by atoms with Gasteiger partial charge in [-0.3, -0.25) is 0 Å². The standard InChI is InChI=1S/C21H22N2O2S/c24-26(25,20-11-10-17-6-1-2-8-19(17)16-20)22-13-5-14-23-15-12-18-7-3-4-9-21(18)23/h1-4,6-9,12,15-16,22H,5,10-11,13-14H2. The van der Waals surface area contributed by atoms with Crippen molar-refractivity contribution in [3.8, 4) is 0 Å². The molecule has 0 amide bonds. The van der Waals surface area contributed by atoms with Crippen LogP contribution in [0.5, 0.6) is 0 Å². The van der Waals surface area contributed by atoms with E-state index in [0.717, 1.165) is 24.9 Å². The fourth-order valence-electron chi connectivity index (χ4n) is 3.50. The third-order valence-corrected chi connectivity index (χ3v) is 6.50. The van der Waals surface area contributed by atoms with Gasteiger partial charge < -0.3 is 4.57 Å². The van der Waals surface area contributed by atoms with Crippen molar-refractivity contribution in [1.82, 2.24) is 9.29 Å². The van der Waals surface area contributed by atoms with Crippen LogP contribution in [0.15, 0.2) is 65.7 Å². The smallest absolute Gasteiger partial charge is 0.236 e. The number of allylic oxidation sites excluding steroid dienone is 1. The first-order valence-electron chi connectivity index (χ1n) is 8.95. The third kappa shape index (κ3) is 3.45. The van der Waals surface area contributed by atoms with Crippen LogP contribution in [0.25, 0.3) is 17.0 Å². The molecular formula is C21H22N2O2S. The van der Waals surface area contributed by atoms with Crippen molar-refractivity contribution in [3.05, 3.63) is 76.8 Å². The summed E-state index contributed by atoms with van der Waals surface area (Å²) in [6.45, 7) is 1.23. The molecule has 0 atom stereocenters. The lowest BCUT2D eigenvalue weighted by Crippen LogP contribution is -2.27. The Hall–Kier alpha value is -2.37. The zero-order valence-corrected chi connectivity index (χ0v) is 15.4. The lowest BCUT2D eigenvalue weighted by molar-refractivity contribution is 0.576. The van der Waals surface area contributed by atoms with Crippen LogP contribution >= 0.6 is 0 Å². The van der Waals surface area contributed by atoms with Gasteiger partial charge in [0.05, 0.1) is 4.91 Å². The number of benzene rings is 2. The number of fused-ring (bicyclic) bond motifs is 2. The number of hydrogen-bond donors (Lipinski definition) is 1. The molecule has 0 radical (unpaired) electrons. The summed E-state index contributed by atoms with van der Waals surface area (Å²) in [6, 6.07) is 18.3. The summed E-state index contributed by atoms with van der Waals surface area (Å²) in [4.78, 5) is 0.489. The SMILES string of the molecule is O=S(=O)(NCCCn1ccc2ccccc21)C1=Cc2ccccc2CC1. The van der Waals surface area contributed by atoms with Crippen molar-refractivity contribution in [1.29, 1.82) is 0 Å². The summed E-state index contributed by atoms with van der Waals surface area (Å²) < 4.78 is 30.1. The number of aromatic nitrogens is 1. The first-order chi connectivity index (χ1) is 12.6. The monoisotopic (exact) mass is 366 g/mol. The molecule has 2 aromatic carbocycles. The van der Waals surface area contributed by atoms with Gasteiger partial charge in [0.25, 0.3) is 0 Å². The summed E-state index contributed by atoms with van der Waals surface area (Å²) in [5.41, 5.74) is 3.41. The Morgan fingerprint density at radius 2 is 1.77 bits per heavy atom. The molecule has 0 spiro atoms. The van der Waals surface area contributed by atoms with Gasteiger partial charge in [0, 0.05) is 24.8 Å². The van der Waals surface area contributed by atoms with Gasteiger partial charge in [0.15, 0.2) is 0 Å². The van der Waals surface area contributed by atoms with Crippen LogP contribution in [0.3, 0.4) is 0 Å². The average molecular weight is 366 g/mol. The van der Waals surface area contributed by atoms with E-state index < -0.39 is 10.0 Å².